The van der Waals surface area contributed by atoms with Crippen LogP contribution in [0.3, 0.4) is 0 Å². The van der Waals surface area contributed by atoms with Crippen LogP contribution in [0.15, 0.2) is 0 Å². The van der Waals surface area contributed by atoms with Crippen molar-refractivity contribution >= 4 is 11.8 Å². The Morgan fingerprint density at radius 3 is 2.55 bits per heavy atom. The summed E-state index contributed by atoms with van der Waals surface area (Å²) in [6.45, 7) is 10.1. The van der Waals surface area contributed by atoms with E-state index >= 15 is 0 Å². The maximum Gasteiger partial charge on any atom is 0.0656 e. The van der Waals surface area contributed by atoms with E-state index in [0.717, 1.165) is 11.9 Å². The van der Waals surface area contributed by atoms with E-state index in [2.05, 4.69) is 51.0 Å². The monoisotopic (exact) mass is 299 g/mol. The summed E-state index contributed by atoms with van der Waals surface area (Å²) < 4.78 is 6.08. The highest BCUT2D eigenvalue weighted by atomic mass is 32.2. The minimum Gasteiger partial charge on any atom is -0.377 e. The van der Waals surface area contributed by atoms with Gasteiger partial charge in [0.1, 0.15) is 0 Å². The first-order valence-corrected chi connectivity index (χ1v) is 9.64. The normalized spacial score (nSPS) is 36.9. The second-order valence-corrected chi connectivity index (χ2v) is 8.73. The smallest absolute Gasteiger partial charge is 0.0656 e. The minimum atomic E-state index is 0.287. The summed E-state index contributed by atoms with van der Waals surface area (Å²) in [7, 11) is 0. The molecule has 0 aromatic heterocycles. The lowest BCUT2D eigenvalue weighted by Crippen LogP contribution is -2.64. The lowest BCUT2D eigenvalue weighted by molar-refractivity contribution is -0.126. The Morgan fingerprint density at radius 2 is 1.95 bits per heavy atom. The van der Waals surface area contributed by atoms with Crippen LogP contribution in [0.1, 0.15) is 59.8 Å². The van der Waals surface area contributed by atoms with E-state index in [9.17, 15) is 0 Å². The Morgan fingerprint density at radius 1 is 1.25 bits per heavy atom. The quantitative estimate of drug-likeness (QED) is 0.798. The molecule has 0 spiro atoms. The van der Waals surface area contributed by atoms with E-state index < -0.39 is 0 Å². The molecule has 2 fully saturated rings. The summed E-state index contributed by atoms with van der Waals surface area (Å²) in [4.78, 5) is 0. The highest BCUT2D eigenvalue weighted by molar-refractivity contribution is 7.99. The Bertz CT molecular complexity index is 305. The average molecular weight is 300 g/mol. The topological polar surface area (TPSA) is 21.3 Å². The average Bonchev–Trinajstić information content (AvgIpc) is 2.42. The van der Waals surface area contributed by atoms with Gasteiger partial charge in [-0.25, -0.2) is 0 Å². The predicted molar refractivity (Wildman–Crippen MR) is 89.5 cm³/mol. The Hall–Kier alpha value is 0.270. The third kappa shape index (κ3) is 3.72. The van der Waals surface area contributed by atoms with E-state index in [4.69, 9.17) is 4.74 Å². The molecule has 118 valence electrons. The molecule has 0 saturated heterocycles. The van der Waals surface area contributed by atoms with Crippen molar-refractivity contribution in [2.75, 3.05) is 12.9 Å². The number of thioether (sulfide) groups is 1. The fourth-order valence-electron chi connectivity index (χ4n) is 3.59. The van der Waals surface area contributed by atoms with Crippen molar-refractivity contribution in [3.63, 3.8) is 0 Å². The van der Waals surface area contributed by atoms with Gasteiger partial charge in [-0.15, -0.1) is 0 Å². The van der Waals surface area contributed by atoms with E-state index in [1.165, 1.54) is 32.1 Å². The maximum absolute atomic E-state index is 6.08. The molecule has 0 bridgehead atoms. The van der Waals surface area contributed by atoms with Crippen LogP contribution in [-0.4, -0.2) is 36.3 Å². The highest BCUT2D eigenvalue weighted by Crippen LogP contribution is 2.44. The first kappa shape index (κ1) is 16.6. The molecule has 0 heterocycles. The minimum absolute atomic E-state index is 0.287. The standard InChI is InChI=1S/C17H33NOS/c1-12(2)11-19-16-10-15(17(16,3)4)18-13-8-6-7-9-14(13)20-5/h12-16,18H,6-11H2,1-5H3. The fourth-order valence-corrected chi connectivity index (χ4v) is 4.53. The van der Waals surface area contributed by atoms with Crippen LogP contribution in [0.25, 0.3) is 0 Å². The van der Waals surface area contributed by atoms with Crippen LogP contribution < -0.4 is 5.32 Å². The second kappa shape index (κ2) is 7.02. The van der Waals surface area contributed by atoms with Gasteiger partial charge >= 0.3 is 0 Å². The third-order valence-corrected chi connectivity index (χ3v) is 6.40. The largest absolute Gasteiger partial charge is 0.377 e. The zero-order chi connectivity index (χ0) is 14.8. The number of hydrogen-bond acceptors (Lipinski definition) is 3. The molecular weight excluding hydrogens is 266 g/mol. The SMILES string of the molecule is CSC1CCCCC1NC1CC(OCC(C)C)C1(C)C. The molecular formula is C17H33NOS. The van der Waals surface area contributed by atoms with Crippen molar-refractivity contribution < 1.29 is 4.74 Å². The summed E-state index contributed by atoms with van der Waals surface area (Å²) in [6.07, 6.45) is 9.46. The van der Waals surface area contributed by atoms with E-state index in [1.54, 1.807) is 0 Å². The van der Waals surface area contributed by atoms with Gasteiger partial charge in [0.25, 0.3) is 0 Å². The predicted octanol–water partition coefficient (Wildman–Crippen LogP) is 4.09. The van der Waals surface area contributed by atoms with Gasteiger partial charge in [0.2, 0.25) is 0 Å². The molecule has 2 nitrogen and oxygen atoms in total. The second-order valence-electron chi connectivity index (χ2n) is 7.66. The molecule has 1 N–H and O–H groups in total. The Labute approximate surface area is 129 Å². The molecule has 4 atom stereocenters. The molecule has 20 heavy (non-hydrogen) atoms. The Kier molecular flexibility index (Phi) is 5.84. The maximum atomic E-state index is 6.08. The molecule has 4 unspecified atom stereocenters. The summed E-state index contributed by atoms with van der Waals surface area (Å²) in [5.74, 6) is 0.636. The van der Waals surface area contributed by atoms with Crippen LogP contribution in [0, 0.1) is 11.3 Å². The Balaban J connectivity index is 1.82. The van der Waals surface area contributed by atoms with Crippen LogP contribution in [-0.2, 0) is 4.74 Å². The molecule has 2 aliphatic carbocycles. The van der Waals surface area contributed by atoms with Gasteiger partial charge in [-0.05, 0) is 31.4 Å². The molecule has 0 aromatic carbocycles. The van der Waals surface area contributed by atoms with Gasteiger partial charge in [0, 0.05) is 29.4 Å². The van der Waals surface area contributed by atoms with E-state index in [1.807, 2.05) is 0 Å². The van der Waals surface area contributed by atoms with Crippen molar-refractivity contribution in [1.82, 2.24) is 5.32 Å². The van der Waals surface area contributed by atoms with Gasteiger partial charge in [0.15, 0.2) is 0 Å². The third-order valence-electron chi connectivity index (χ3n) is 5.23. The van der Waals surface area contributed by atoms with Gasteiger partial charge in [-0.3, -0.25) is 0 Å². The van der Waals surface area contributed by atoms with Crippen molar-refractivity contribution in [2.24, 2.45) is 11.3 Å². The number of hydrogen-bond donors (Lipinski definition) is 1. The molecule has 0 aromatic rings. The molecule has 0 aliphatic heterocycles. The molecule has 3 heteroatoms. The number of nitrogens with one attached hydrogen (secondary N) is 1. The number of ether oxygens (including phenoxy) is 1. The van der Waals surface area contributed by atoms with Gasteiger partial charge in [0.05, 0.1) is 6.10 Å². The van der Waals surface area contributed by atoms with Gasteiger partial charge in [-0.2, -0.15) is 11.8 Å². The van der Waals surface area contributed by atoms with Crippen LogP contribution in [0.5, 0.6) is 0 Å². The van der Waals surface area contributed by atoms with Crippen LogP contribution >= 0.6 is 11.8 Å². The molecule has 0 amide bonds. The van der Waals surface area contributed by atoms with E-state index in [0.29, 0.717) is 24.1 Å². The van der Waals surface area contributed by atoms with Crippen molar-refractivity contribution in [1.29, 1.82) is 0 Å². The first-order valence-electron chi connectivity index (χ1n) is 8.35. The van der Waals surface area contributed by atoms with Crippen molar-refractivity contribution in [2.45, 2.75) is 83.2 Å². The summed E-state index contributed by atoms with van der Waals surface area (Å²) >= 11 is 2.05. The van der Waals surface area contributed by atoms with E-state index in [-0.39, 0.29) is 5.41 Å². The van der Waals surface area contributed by atoms with Gasteiger partial charge < -0.3 is 10.1 Å². The van der Waals surface area contributed by atoms with Crippen molar-refractivity contribution in [3.8, 4) is 0 Å². The highest BCUT2D eigenvalue weighted by Gasteiger charge is 2.49. The lowest BCUT2D eigenvalue weighted by atomic mass is 9.64. The fraction of sp³-hybridized carbons (Fsp3) is 1.00. The van der Waals surface area contributed by atoms with Crippen LogP contribution in [0.2, 0.25) is 0 Å². The summed E-state index contributed by atoms with van der Waals surface area (Å²) in [5.41, 5.74) is 0.287. The van der Waals surface area contributed by atoms with Crippen molar-refractivity contribution in [3.05, 3.63) is 0 Å². The molecule has 2 rings (SSSR count). The van der Waals surface area contributed by atoms with Crippen LogP contribution in [0.4, 0.5) is 0 Å². The molecule has 2 saturated carbocycles. The summed E-state index contributed by atoms with van der Waals surface area (Å²) in [6, 6.07) is 1.35. The zero-order valence-corrected chi connectivity index (χ0v) is 14.8. The molecule has 0 radical (unpaired) electrons. The lowest BCUT2D eigenvalue weighted by Gasteiger charge is -2.54. The molecule has 2 aliphatic rings. The number of rotatable bonds is 6. The first-order chi connectivity index (χ1) is 9.45. The van der Waals surface area contributed by atoms with Gasteiger partial charge in [-0.1, -0.05) is 40.5 Å². The zero-order valence-electron chi connectivity index (χ0n) is 13.9. The summed E-state index contributed by atoms with van der Waals surface area (Å²) in [5, 5.41) is 4.78.